The Kier molecular flexibility index (Phi) is 6.93. The Labute approximate surface area is 202 Å². The van der Waals surface area contributed by atoms with E-state index in [2.05, 4.69) is 5.32 Å². The van der Waals surface area contributed by atoms with Gasteiger partial charge in [0.05, 0.1) is 22.6 Å². The van der Waals surface area contributed by atoms with Crippen molar-refractivity contribution in [3.63, 3.8) is 0 Å². The molecular formula is C25H17ClFN2O4S-. The van der Waals surface area contributed by atoms with Crippen LogP contribution in [0.3, 0.4) is 0 Å². The van der Waals surface area contributed by atoms with Crippen LogP contribution in [-0.4, -0.2) is 19.8 Å². The number of nitrogens with one attached hydrogen (secondary N) is 1. The van der Waals surface area contributed by atoms with Gasteiger partial charge in [-0.25, -0.2) is 4.39 Å². The molecule has 1 atom stereocenters. The minimum Gasteiger partial charge on any atom is -0.755 e. The van der Waals surface area contributed by atoms with Gasteiger partial charge in [0.25, 0.3) is 5.91 Å². The number of carbonyl (C=O) groups excluding carboxylic acids is 1. The molecule has 1 unspecified atom stereocenters. The maximum absolute atomic E-state index is 13.3. The van der Waals surface area contributed by atoms with Gasteiger partial charge in [-0.3, -0.25) is 13.3 Å². The number of halogens is 2. The van der Waals surface area contributed by atoms with Crippen molar-refractivity contribution in [3.8, 4) is 16.9 Å². The van der Waals surface area contributed by atoms with E-state index in [-0.39, 0.29) is 22.8 Å². The fourth-order valence-corrected chi connectivity index (χ4v) is 4.25. The van der Waals surface area contributed by atoms with E-state index in [9.17, 15) is 23.1 Å². The molecule has 172 valence electrons. The lowest BCUT2D eigenvalue weighted by Gasteiger charge is -2.27. The van der Waals surface area contributed by atoms with Gasteiger partial charge in [-0.05, 0) is 60.2 Å². The molecular weight excluding hydrogens is 479 g/mol. The third-order valence-electron chi connectivity index (χ3n) is 4.98. The monoisotopic (exact) mass is 495 g/mol. The average molecular weight is 496 g/mol. The Morgan fingerprint density at radius 2 is 1.68 bits per heavy atom. The van der Waals surface area contributed by atoms with E-state index < -0.39 is 23.0 Å². The first-order valence-electron chi connectivity index (χ1n) is 9.98. The molecule has 0 bridgehead atoms. The summed E-state index contributed by atoms with van der Waals surface area (Å²) in [5.74, 6) is -1.36. The first-order chi connectivity index (χ1) is 16.3. The maximum atomic E-state index is 13.3. The predicted molar refractivity (Wildman–Crippen MR) is 130 cm³/mol. The van der Waals surface area contributed by atoms with Crippen molar-refractivity contribution in [2.24, 2.45) is 0 Å². The van der Waals surface area contributed by atoms with Gasteiger partial charge in [-0.2, -0.15) is 0 Å². The van der Waals surface area contributed by atoms with Crippen molar-refractivity contribution in [3.05, 3.63) is 107 Å². The highest BCUT2D eigenvalue weighted by Crippen LogP contribution is 2.36. The van der Waals surface area contributed by atoms with Crippen molar-refractivity contribution in [1.29, 1.82) is 0 Å². The third-order valence-corrected chi connectivity index (χ3v) is 6.00. The molecule has 0 aliphatic carbocycles. The molecule has 1 amide bonds. The van der Waals surface area contributed by atoms with Gasteiger partial charge in [-0.1, -0.05) is 48.0 Å². The highest BCUT2D eigenvalue weighted by molar-refractivity contribution is 7.81. The zero-order valence-corrected chi connectivity index (χ0v) is 19.0. The Balaban J connectivity index is 1.61. The van der Waals surface area contributed by atoms with Crippen LogP contribution >= 0.6 is 11.6 Å². The highest BCUT2D eigenvalue weighted by Gasteiger charge is 2.17. The fraction of sp³-hybridized carbons (Fsp3) is 0. The molecule has 0 fully saturated rings. The lowest BCUT2D eigenvalue weighted by molar-refractivity contribution is 0.102. The summed E-state index contributed by atoms with van der Waals surface area (Å²) in [5.41, 5.74) is 2.21. The molecule has 0 spiro atoms. The van der Waals surface area contributed by atoms with Crippen LogP contribution in [0.25, 0.3) is 11.1 Å². The quantitative estimate of drug-likeness (QED) is 0.252. The van der Waals surface area contributed by atoms with E-state index in [0.717, 1.165) is 27.6 Å². The van der Waals surface area contributed by atoms with Crippen LogP contribution in [0.5, 0.6) is 5.75 Å². The summed E-state index contributed by atoms with van der Waals surface area (Å²) >= 11 is 3.56. The molecule has 34 heavy (non-hydrogen) atoms. The van der Waals surface area contributed by atoms with Gasteiger partial charge in [0, 0.05) is 21.8 Å². The van der Waals surface area contributed by atoms with Gasteiger partial charge in [0.2, 0.25) is 0 Å². The standard InChI is InChI=1S/C25H18ClFN2O4S/c26-22-14-17(6-12-21(22)16-4-2-1-3-5-16)25(31)28-19-9-13-24(30)23(15-19)29(34(32)33)20-10-7-18(27)8-11-20/h1-15,30H,(H,28,31)(H,32,33)/p-1. The molecule has 2 N–H and O–H groups in total. The summed E-state index contributed by atoms with van der Waals surface area (Å²) in [5, 5.41) is 13.3. The summed E-state index contributed by atoms with van der Waals surface area (Å²) in [6.45, 7) is 0. The van der Waals surface area contributed by atoms with Crippen LogP contribution < -0.4 is 9.62 Å². The molecule has 9 heteroatoms. The fourth-order valence-electron chi connectivity index (χ4n) is 3.36. The van der Waals surface area contributed by atoms with Gasteiger partial charge in [-0.15, -0.1) is 0 Å². The second kappa shape index (κ2) is 10.0. The zero-order valence-electron chi connectivity index (χ0n) is 17.4. The van der Waals surface area contributed by atoms with Crippen molar-refractivity contribution < 1.29 is 23.1 Å². The number of phenolic OH excluding ortho intramolecular Hbond substituents is 1. The lowest BCUT2D eigenvalue weighted by Crippen LogP contribution is -2.20. The van der Waals surface area contributed by atoms with Crippen LogP contribution in [0.2, 0.25) is 5.02 Å². The molecule has 0 heterocycles. The number of phenols is 1. The number of hydrogen-bond acceptors (Lipinski definition) is 4. The van der Waals surface area contributed by atoms with Crippen LogP contribution in [0, 0.1) is 5.82 Å². The second-order valence-corrected chi connectivity index (χ2v) is 8.41. The zero-order chi connectivity index (χ0) is 24.2. The highest BCUT2D eigenvalue weighted by atomic mass is 35.5. The molecule has 0 saturated heterocycles. The van der Waals surface area contributed by atoms with Gasteiger partial charge < -0.3 is 15.0 Å². The van der Waals surface area contributed by atoms with Crippen molar-refractivity contribution in [2.75, 3.05) is 9.62 Å². The molecule has 0 aliphatic rings. The number of anilines is 3. The molecule has 4 rings (SSSR count). The minimum atomic E-state index is -2.83. The summed E-state index contributed by atoms with van der Waals surface area (Å²) in [7, 11) is 0. The average Bonchev–Trinajstić information content (AvgIpc) is 2.82. The first kappa shape index (κ1) is 23.4. The number of carbonyl (C=O) groups is 1. The molecule has 0 aliphatic heterocycles. The SMILES string of the molecule is O=C(Nc1ccc(O)c(N(c2ccc(F)cc2)S(=O)[O-])c1)c1ccc(-c2ccccc2)c(Cl)c1. The summed E-state index contributed by atoms with van der Waals surface area (Å²) in [4.78, 5) is 12.8. The number of amides is 1. The largest absolute Gasteiger partial charge is 0.755 e. The summed E-state index contributed by atoms with van der Waals surface area (Å²) < 4.78 is 37.9. The van der Waals surface area contributed by atoms with Gasteiger partial charge in [0.15, 0.2) is 0 Å². The Bertz CT molecular complexity index is 1370. The second-order valence-electron chi connectivity index (χ2n) is 7.21. The number of rotatable bonds is 6. The molecule has 0 saturated carbocycles. The van der Waals surface area contributed by atoms with Crippen molar-refractivity contribution in [1.82, 2.24) is 0 Å². The molecule has 0 aromatic heterocycles. The van der Waals surface area contributed by atoms with Crippen LogP contribution in [0.15, 0.2) is 91.0 Å². The number of aromatic hydroxyl groups is 1. The predicted octanol–water partition coefficient (Wildman–Crippen LogP) is 6.04. The molecule has 6 nitrogen and oxygen atoms in total. The van der Waals surface area contributed by atoms with Gasteiger partial charge in [0.1, 0.15) is 11.6 Å². The van der Waals surface area contributed by atoms with E-state index in [1.807, 2.05) is 30.3 Å². The van der Waals surface area contributed by atoms with E-state index in [4.69, 9.17) is 11.6 Å². The molecule has 4 aromatic carbocycles. The van der Waals surface area contributed by atoms with E-state index in [0.29, 0.717) is 10.6 Å². The maximum Gasteiger partial charge on any atom is 0.255 e. The van der Waals surface area contributed by atoms with Crippen LogP contribution in [0.4, 0.5) is 21.5 Å². The topological polar surface area (TPSA) is 92.7 Å². The Hall–Kier alpha value is -3.72. The van der Waals surface area contributed by atoms with Gasteiger partial charge >= 0.3 is 0 Å². The van der Waals surface area contributed by atoms with E-state index >= 15 is 0 Å². The van der Waals surface area contributed by atoms with E-state index in [1.165, 1.54) is 36.4 Å². The summed E-state index contributed by atoms with van der Waals surface area (Å²) in [6, 6.07) is 23.1. The summed E-state index contributed by atoms with van der Waals surface area (Å²) in [6.07, 6.45) is 0. The third kappa shape index (κ3) is 5.09. The van der Waals surface area contributed by atoms with E-state index in [1.54, 1.807) is 12.1 Å². The van der Waals surface area contributed by atoms with Crippen LogP contribution in [-0.2, 0) is 11.3 Å². The molecule has 0 radical (unpaired) electrons. The Morgan fingerprint density at radius 3 is 2.32 bits per heavy atom. The Morgan fingerprint density at radius 1 is 0.971 bits per heavy atom. The van der Waals surface area contributed by atoms with Crippen LogP contribution in [0.1, 0.15) is 10.4 Å². The van der Waals surface area contributed by atoms with Crippen molar-refractivity contribution in [2.45, 2.75) is 0 Å². The number of nitrogens with zero attached hydrogens (tertiary/aromatic N) is 1. The normalized spacial score (nSPS) is 11.6. The minimum absolute atomic E-state index is 0.108. The number of hydrogen-bond donors (Lipinski definition) is 2. The molecule has 4 aromatic rings. The lowest BCUT2D eigenvalue weighted by atomic mass is 10.0. The van der Waals surface area contributed by atoms with Crippen molar-refractivity contribution >= 4 is 45.8 Å². The first-order valence-corrected chi connectivity index (χ1v) is 11.4. The smallest absolute Gasteiger partial charge is 0.255 e. The number of benzene rings is 4.